The number of benzene rings is 3. The maximum atomic E-state index is 13.3. The first-order valence-corrected chi connectivity index (χ1v) is 12.0. The lowest BCUT2D eigenvalue weighted by Gasteiger charge is -2.34. The molecule has 0 bridgehead atoms. The van der Waals surface area contributed by atoms with E-state index in [2.05, 4.69) is 0 Å². The van der Waals surface area contributed by atoms with Gasteiger partial charge in [-0.2, -0.15) is 0 Å². The average molecular weight is 475 g/mol. The maximum absolute atomic E-state index is 13.3. The van der Waals surface area contributed by atoms with E-state index in [0.29, 0.717) is 36.8 Å². The Labute approximate surface area is 204 Å². The number of aryl methyl sites for hydroxylation is 4. The summed E-state index contributed by atoms with van der Waals surface area (Å²) in [6.07, 6.45) is 2.34. The molecule has 1 heterocycles. The number of aromatic carboxylic acids is 1. The molecular formula is C29H30O6. The van der Waals surface area contributed by atoms with E-state index in [1.807, 2.05) is 39.8 Å². The summed E-state index contributed by atoms with van der Waals surface area (Å²) < 4.78 is 6.12. The fraction of sp³-hybridized carbons (Fsp3) is 0.310. The predicted octanol–water partition coefficient (Wildman–Crippen LogP) is 5.51. The second-order valence-corrected chi connectivity index (χ2v) is 8.82. The number of aromatic hydroxyl groups is 2. The number of phenols is 2. The van der Waals surface area contributed by atoms with Crippen molar-refractivity contribution in [2.75, 3.05) is 0 Å². The van der Waals surface area contributed by atoms with Crippen LogP contribution < -0.4 is 0 Å². The van der Waals surface area contributed by atoms with Crippen molar-refractivity contribution in [2.45, 2.75) is 59.0 Å². The molecule has 6 heteroatoms. The molecule has 0 aromatic heterocycles. The summed E-state index contributed by atoms with van der Waals surface area (Å²) in [7, 11) is 0. The number of carbonyl (C=O) groups excluding carboxylic acids is 1. The van der Waals surface area contributed by atoms with Crippen molar-refractivity contribution in [3.05, 3.63) is 92.5 Å². The normalized spacial score (nSPS) is 14.0. The van der Waals surface area contributed by atoms with Gasteiger partial charge in [0.15, 0.2) is 5.60 Å². The van der Waals surface area contributed by atoms with Gasteiger partial charge in [-0.05, 0) is 72.2 Å². The molecule has 3 N–H and O–H groups in total. The number of carboxylic acid groups (broad SMARTS) is 1. The minimum Gasteiger partial charge on any atom is -0.507 e. The maximum Gasteiger partial charge on any atom is 0.340 e. The van der Waals surface area contributed by atoms with Crippen LogP contribution in [0.3, 0.4) is 0 Å². The highest BCUT2D eigenvalue weighted by Crippen LogP contribution is 2.54. The van der Waals surface area contributed by atoms with Gasteiger partial charge in [0.05, 0.1) is 11.1 Å². The zero-order valence-electron chi connectivity index (χ0n) is 20.4. The molecular weight excluding hydrogens is 444 g/mol. The van der Waals surface area contributed by atoms with Gasteiger partial charge in [0.2, 0.25) is 0 Å². The van der Waals surface area contributed by atoms with E-state index in [-0.39, 0.29) is 39.3 Å². The Morgan fingerprint density at radius 3 is 1.77 bits per heavy atom. The van der Waals surface area contributed by atoms with Gasteiger partial charge < -0.3 is 20.1 Å². The molecule has 1 aliphatic heterocycles. The molecule has 0 saturated carbocycles. The number of rotatable bonds is 7. The van der Waals surface area contributed by atoms with Gasteiger partial charge in [-0.1, -0.05) is 45.9 Å². The summed E-state index contributed by atoms with van der Waals surface area (Å²) in [5, 5.41) is 33.0. The number of fused-ring (bicyclic) bond motifs is 1. The Hall–Kier alpha value is -3.80. The first-order valence-electron chi connectivity index (χ1n) is 12.0. The third-order valence-corrected chi connectivity index (χ3v) is 6.95. The molecule has 0 aliphatic carbocycles. The number of phenolic OH excluding ortho intramolecular Hbond substituents is 2. The van der Waals surface area contributed by atoms with Crippen LogP contribution in [0.2, 0.25) is 0 Å². The molecule has 6 nitrogen and oxygen atoms in total. The van der Waals surface area contributed by atoms with Gasteiger partial charge in [0.1, 0.15) is 11.5 Å². The van der Waals surface area contributed by atoms with Crippen molar-refractivity contribution in [1.82, 2.24) is 0 Å². The number of carboxylic acids is 1. The highest BCUT2D eigenvalue weighted by molar-refractivity contribution is 6.02. The standard InChI is InChI=1S/C29H30O6/c1-5-16-12-18(7-3)25(30)22(14-16)29(23-15-17(6-2)13-19(8-4)26(23)31)24-20(27(32)33)10-9-11-21(24)28(34)35-29/h9-15,30-31H,5-8H2,1-4H3,(H,32,33). The van der Waals surface area contributed by atoms with Gasteiger partial charge in [0, 0.05) is 16.7 Å². The summed E-state index contributed by atoms with van der Waals surface area (Å²) >= 11 is 0. The largest absolute Gasteiger partial charge is 0.507 e. The van der Waals surface area contributed by atoms with Crippen molar-refractivity contribution >= 4 is 11.9 Å². The molecule has 0 atom stereocenters. The second kappa shape index (κ2) is 9.10. The minimum absolute atomic E-state index is 0.0788. The van der Waals surface area contributed by atoms with Gasteiger partial charge >= 0.3 is 11.9 Å². The predicted molar refractivity (Wildman–Crippen MR) is 132 cm³/mol. The lowest BCUT2D eigenvalue weighted by Crippen LogP contribution is -2.32. The van der Waals surface area contributed by atoms with Gasteiger partial charge in [-0.25, -0.2) is 9.59 Å². The Balaban J connectivity index is 2.27. The van der Waals surface area contributed by atoms with Crippen LogP contribution in [0.4, 0.5) is 0 Å². The minimum atomic E-state index is -1.83. The van der Waals surface area contributed by atoms with Crippen LogP contribution in [-0.2, 0) is 36.0 Å². The number of hydrogen-bond donors (Lipinski definition) is 3. The smallest absolute Gasteiger partial charge is 0.340 e. The monoisotopic (exact) mass is 474 g/mol. The Morgan fingerprint density at radius 1 is 0.829 bits per heavy atom. The third kappa shape index (κ3) is 3.64. The summed E-state index contributed by atoms with van der Waals surface area (Å²) in [5.74, 6) is -2.09. The van der Waals surface area contributed by atoms with Crippen LogP contribution >= 0.6 is 0 Å². The highest BCUT2D eigenvalue weighted by Gasteiger charge is 2.54. The van der Waals surface area contributed by atoms with E-state index < -0.39 is 17.5 Å². The van der Waals surface area contributed by atoms with Crippen LogP contribution in [-0.4, -0.2) is 27.3 Å². The Kier molecular flexibility index (Phi) is 6.32. The van der Waals surface area contributed by atoms with Crippen molar-refractivity contribution in [1.29, 1.82) is 0 Å². The fourth-order valence-corrected chi connectivity index (χ4v) is 5.05. The van der Waals surface area contributed by atoms with E-state index in [1.165, 1.54) is 18.2 Å². The molecule has 182 valence electrons. The average Bonchev–Trinajstić information content (AvgIpc) is 3.17. The zero-order chi connectivity index (χ0) is 25.5. The van der Waals surface area contributed by atoms with E-state index in [4.69, 9.17) is 4.74 Å². The third-order valence-electron chi connectivity index (χ3n) is 6.95. The lowest BCUT2D eigenvalue weighted by molar-refractivity contribution is 0.0233. The highest BCUT2D eigenvalue weighted by atomic mass is 16.6. The van der Waals surface area contributed by atoms with Crippen LogP contribution in [0.25, 0.3) is 0 Å². The summed E-state index contributed by atoms with van der Waals surface area (Å²) in [6, 6.07) is 11.7. The molecule has 1 aliphatic rings. The zero-order valence-corrected chi connectivity index (χ0v) is 20.4. The Morgan fingerprint density at radius 2 is 1.34 bits per heavy atom. The molecule has 0 spiro atoms. The van der Waals surface area contributed by atoms with E-state index in [9.17, 15) is 24.9 Å². The van der Waals surface area contributed by atoms with Crippen molar-refractivity contribution in [2.24, 2.45) is 0 Å². The lowest BCUT2D eigenvalue weighted by atomic mass is 9.74. The molecule has 0 saturated heterocycles. The van der Waals surface area contributed by atoms with Crippen LogP contribution in [0.1, 0.15) is 87.4 Å². The van der Waals surface area contributed by atoms with Gasteiger partial charge in [-0.15, -0.1) is 0 Å². The summed E-state index contributed by atoms with van der Waals surface area (Å²) in [6.45, 7) is 7.77. The number of carbonyl (C=O) groups is 2. The molecule has 0 fully saturated rings. The number of ether oxygens (including phenoxy) is 1. The van der Waals surface area contributed by atoms with Crippen LogP contribution in [0.15, 0.2) is 42.5 Å². The van der Waals surface area contributed by atoms with E-state index >= 15 is 0 Å². The molecule has 35 heavy (non-hydrogen) atoms. The van der Waals surface area contributed by atoms with Gasteiger partial charge in [-0.3, -0.25) is 0 Å². The first-order chi connectivity index (χ1) is 16.7. The molecule has 0 amide bonds. The van der Waals surface area contributed by atoms with E-state index in [0.717, 1.165) is 11.1 Å². The van der Waals surface area contributed by atoms with Crippen molar-refractivity contribution < 1.29 is 29.6 Å². The van der Waals surface area contributed by atoms with Crippen LogP contribution in [0.5, 0.6) is 11.5 Å². The topological polar surface area (TPSA) is 104 Å². The molecule has 0 radical (unpaired) electrons. The quantitative estimate of drug-likeness (QED) is 0.390. The fourth-order valence-electron chi connectivity index (χ4n) is 5.05. The Bertz CT molecular complexity index is 1280. The van der Waals surface area contributed by atoms with E-state index in [1.54, 1.807) is 12.1 Å². The number of hydrogen-bond acceptors (Lipinski definition) is 5. The molecule has 3 aromatic carbocycles. The summed E-state index contributed by atoms with van der Waals surface area (Å²) in [5.41, 5.74) is 1.86. The molecule has 0 unspecified atom stereocenters. The molecule has 3 aromatic rings. The SMILES string of the molecule is CCc1cc(CC)c(O)c(C2(c3cc(CC)cc(CC)c3O)OC(=O)c3cccc(C(=O)O)c32)c1. The first kappa shape index (κ1) is 24.3. The number of cyclic esters (lactones) is 1. The molecule has 4 rings (SSSR count). The van der Waals surface area contributed by atoms with Crippen LogP contribution in [0, 0.1) is 0 Å². The number of esters is 1. The van der Waals surface area contributed by atoms with Crippen molar-refractivity contribution in [3.8, 4) is 11.5 Å². The van der Waals surface area contributed by atoms with Crippen molar-refractivity contribution in [3.63, 3.8) is 0 Å². The summed E-state index contributed by atoms with van der Waals surface area (Å²) in [4.78, 5) is 25.7. The van der Waals surface area contributed by atoms with Gasteiger partial charge in [0.25, 0.3) is 0 Å². The second-order valence-electron chi connectivity index (χ2n) is 8.82.